The minimum absolute atomic E-state index is 0.267. The third-order valence-corrected chi connectivity index (χ3v) is 5.30. The summed E-state index contributed by atoms with van der Waals surface area (Å²) < 4.78 is 24.8. The molecule has 1 saturated heterocycles. The summed E-state index contributed by atoms with van der Waals surface area (Å²) in [7, 11) is 1.67. The van der Waals surface area contributed by atoms with E-state index in [1.165, 1.54) is 12.1 Å². The molecule has 0 radical (unpaired) electrons. The van der Waals surface area contributed by atoms with Crippen LogP contribution in [0.15, 0.2) is 58.2 Å². The summed E-state index contributed by atoms with van der Waals surface area (Å²) in [5.74, 6) is 1.81. The van der Waals surface area contributed by atoms with Crippen LogP contribution in [0.5, 0.6) is 5.75 Å². The quantitative estimate of drug-likeness (QED) is 0.686. The van der Waals surface area contributed by atoms with Gasteiger partial charge in [-0.15, -0.1) is 0 Å². The normalized spacial score (nSPS) is 20.6. The van der Waals surface area contributed by atoms with E-state index in [2.05, 4.69) is 27.4 Å². The molecule has 0 aromatic heterocycles. The van der Waals surface area contributed by atoms with Gasteiger partial charge in [-0.1, -0.05) is 6.07 Å². The zero-order valence-corrected chi connectivity index (χ0v) is 19.4. The summed E-state index contributed by atoms with van der Waals surface area (Å²) in [4.78, 5) is 11.4. The maximum absolute atomic E-state index is 13.2. The summed E-state index contributed by atoms with van der Waals surface area (Å²) in [6.07, 6.45) is 3.81. The minimum Gasteiger partial charge on any atom is -0.495 e. The molecule has 33 heavy (non-hydrogen) atoms. The number of aliphatic imine (C=N–C) groups is 2. The molecule has 2 aromatic rings. The molecule has 2 aliphatic rings. The molecule has 0 saturated carbocycles. The highest BCUT2D eigenvalue weighted by Crippen LogP contribution is 2.31. The number of rotatable bonds is 6. The van der Waals surface area contributed by atoms with Crippen LogP contribution in [-0.4, -0.2) is 50.7 Å². The van der Waals surface area contributed by atoms with Crippen LogP contribution in [0.25, 0.3) is 6.08 Å². The molecule has 2 aromatic carbocycles. The molecule has 4 rings (SSSR count). The maximum atomic E-state index is 13.2. The Kier molecular flexibility index (Phi) is 6.53. The zero-order chi connectivity index (χ0) is 23.4. The fourth-order valence-electron chi connectivity index (χ4n) is 3.79. The standard InChI is InChI=1S/C25H30FN5O2/c1-17-15-31(16-28-17)21-10-5-18(13-22(21)32-4)14-23-24(27-11-12-33-23)30-25(2,3)29-20-8-6-19(26)7-9-20/h5-10,13-14,16-17,29H,11-12,15H2,1-4H3,(H,27,30)/b23-14-. The molecule has 2 aliphatic heterocycles. The third kappa shape index (κ3) is 5.63. The second kappa shape index (κ2) is 9.52. The predicted octanol–water partition coefficient (Wildman–Crippen LogP) is 4.28. The van der Waals surface area contributed by atoms with Crippen molar-refractivity contribution in [1.82, 2.24) is 5.32 Å². The number of ether oxygens (including phenoxy) is 2. The zero-order valence-electron chi connectivity index (χ0n) is 19.4. The molecular formula is C25H30FN5O2. The Morgan fingerprint density at radius 1 is 1.27 bits per heavy atom. The highest BCUT2D eigenvalue weighted by Gasteiger charge is 2.22. The Morgan fingerprint density at radius 3 is 2.76 bits per heavy atom. The highest BCUT2D eigenvalue weighted by atomic mass is 19.1. The van der Waals surface area contributed by atoms with E-state index in [4.69, 9.17) is 14.5 Å². The Balaban J connectivity index is 1.58. The topological polar surface area (TPSA) is 70.5 Å². The van der Waals surface area contributed by atoms with Gasteiger partial charge in [0.1, 0.15) is 23.8 Å². The fourth-order valence-corrected chi connectivity index (χ4v) is 3.79. The summed E-state index contributed by atoms with van der Waals surface area (Å²) >= 11 is 0. The number of amidine groups is 1. The number of methoxy groups -OCH3 is 1. The number of nitrogens with zero attached hydrogens (tertiary/aromatic N) is 3. The van der Waals surface area contributed by atoms with Crippen LogP contribution in [0, 0.1) is 5.82 Å². The van der Waals surface area contributed by atoms with Gasteiger partial charge in [-0.05, 0) is 68.8 Å². The van der Waals surface area contributed by atoms with Crippen molar-refractivity contribution in [3.63, 3.8) is 0 Å². The first-order valence-corrected chi connectivity index (χ1v) is 11.0. The molecule has 0 aliphatic carbocycles. The van der Waals surface area contributed by atoms with E-state index in [0.29, 0.717) is 24.7 Å². The molecule has 8 heteroatoms. The van der Waals surface area contributed by atoms with Crippen LogP contribution in [0.3, 0.4) is 0 Å². The molecule has 2 heterocycles. The Labute approximate surface area is 194 Å². The van der Waals surface area contributed by atoms with Crippen LogP contribution in [0.4, 0.5) is 15.8 Å². The van der Waals surface area contributed by atoms with Crippen molar-refractivity contribution in [2.75, 3.05) is 37.0 Å². The monoisotopic (exact) mass is 451 g/mol. The van der Waals surface area contributed by atoms with Crippen LogP contribution in [0.1, 0.15) is 26.3 Å². The number of benzene rings is 2. The number of anilines is 2. The summed E-state index contributed by atoms with van der Waals surface area (Å²) in [5, 5.41) is 6.65. The molecule has 0 bridgehead atoms. The second-order valence-electron chi connectivity index (χ2n) is 8.63. The molecule has 174 valence electrons. The van der Waals surface area contributed by atoms with Gasteiger partial charge in [0.25, 0.3) is 0 Å². The van der Waals surface area contributed by atoms with E-state index < -0.39 is 5.66 Å². The van der Waals surface area contributed by atoms with Crippen LogP contribution >= 0.6 is 0 Å². The predicted molar refractivity (Wildman–Crippen MR) is 132 cm³/mol. The maximum Gasteiger partial charge on any atom is 0.166 e. The van der Waals surface area contributed by atoms with Crippen LogP contribution in [0.2, 0.25) is 0 Å². The lowest BCUT2D eigenvalue weighted by Crippen LogP contribution is -2.39. The molecule has 0 spiro atoms. The molecule has 1 unspecified atom stereocenters. The average molecular weight is 452 g/mol. The lowest BCUT2D eigenvalue weighted by molar-refractivity contribution is 0.221. The van der Waals surface area contributed by atoms with E-state index in [9.17, 15) is 4.39 Å². The van der Waals surface area contributed by atoms with Crippen molar-refractivity contribution in [2.45, 2.75) is 32.5 Å². The second-order valence-corrected chi connectivity index (χ2v) is 8.63. The molecule has 1 fully saturated rings. The van der Waals surface area contributed by atoms with Crippen molar-refractivity contribution in [3.8, 4) is 5.75 Å². The van der Waals surface area contributed by atoms with E-state index in [0.717, 1.165) is 29.2 Å². The smallest absolute Gasteiger partial charge is 0.166 e. The molecule has 2 N–H and O–H groups in total. The average Bonchev–Trinajstić information content (AvgIpc) is 3.22. The number of hydrogen-bond acceptors (Lipinski definition) is 6. The van der Waals surface area contributed by atoms with Gasteiger partial charge in [-0.25, -0.2) is 9.38 Å². The van der Waals surface area contributed by atoms with Crippen molar-refractivity contribution >= 4 is 29.6 Å². The Bertz CT molecular complexity index is 1080. The molecule has 7 nitrogen and oxygen atoms in total. The van der Waals surface area contributed by atoms with Gasteiger partial charge >= 0.3 is 0 Å². The van der Waals surface area contributed by atoms with Gasteiger partial charge in [-0.3, -0.25) is 4.99 Å². The lowest BCUT2D eigenvalue weighted by Gasteiger charge is -2.28. The van der Waals surface area contributed by atoms with Gasteiger partial charge in [0.15, 0.2) is 11.6 Å². The van der Waals surface area contributed by atoms with Crippen molar-refractivity contribution < 1.29 is 13.9 Å². The summed E-state index contributed by atoms with van der Waals surface area (Å²) in [6.45, 7) is 8.03. The summed E-state index contributed by atoms with van der Waals surface area (Å²) in [6, 6.07) is 12.5. The van der Waals surface area contributed by atoms with E-state index in [-0.39, 0.29) is 11.9 Å². The fraction of sp³-hybridized carbons (Fsp3) is 0.360. The van der Waals surface area contributed by atoms with E-state index in [1.807, 2.05) is 44.5 Å². The van der Waals surface area contributed by atoms with Gasteiger partial charge in [0.2, 0.25) is 0 Å². The van der Waals surface area contributed by atoms with Crippen molar-refractivity contribution in [2.24, 2.45) is 9.98 Å². The Hall–Kier alpha value is -3.55. The molecule has 1 atom stereocenters. The first-order chi connectivity index (χ1) is 15.8. The van der Waals surface area contributed by atoms with Crippen molar-refractivity contribution in [1.29, 1.82) is 0 Å². The number of halogens is 1. The lowest BCUT2D eigenvalue weighted by atomic mass is 10.1. The van der Waals surface area contributed by atoms with Gasteiger partial charge < -0.3 is 25.0 Å². The summed E-state index contributed by atoms with van der Waals surface area (Å²) in [5.41, 5.74) is 2.06. The third-order valence-electron chi connectivity index (χ3n) is 5.30. The van der Waals surface area contributed by atoms with Crippen LogP contribution < -0.4 is 20.3 Å². The van der Waals surface area contributed by atoms with Crippen LogP contribution in [-0.2, 0) is 4.74 Å². The first-order valence-electron chi connectivity index (χ1n) is 11.0. The van der Waals surface area contributed by atoms with Crippen molar-refractivity contribution in [3.05, 3.63) is 59.6 Å². The molecular weight excluding hydrogens is 421 g/mol. The Morgan fingerprint density at radius 2 is 2.06 bits per heavy atom. The number of nitrogens with one attached hydrogen (secondary N) is 2. The van der Waals surface area contributed by atoms with E-state index >= 15 is 0 Å². The van der Waals surface area contributed by atoms with Gasteiger partial charge in [0.05, 0.1) is 31.7 Å². The van der Waals surface area contributed by atoms with Gasteiger partial charge in [0, 0.05) is 12.2 Å². The minimum atomic E-state index is -0.646. The highest BCUT2D eigenvalue weighted by molar-refractivity contribution is 6.01. The SMILES string of the molecule is COc1cc(/C=C2\OCCN\C2=N/C(C)(C)Nc2ccc(F)cc2)ccc1N1C=NC(C)C1. The number of hydrogen-bond donors (Lipinski definition) is 2. The largest absolute Gasteiger partial charge is 0.495 e. The first kappa shape index (κ1) is 22.6. The molecule has 0 amide bonds. The number of morpholine rings is 1. The van der Waals surface area contributed by atoms with Gasteiger partial charge in [-0.2, -0.15) is 0 Å². The van der Waals surface area contributed by atoms with E-state index in [1.54, 1.807) is 19.2 Å².